The van der Waals surface area contributed by atoms with E-state index < -0.39 is 5.97 Å². The summed E-state index contributed by atoms with van der Waals surface area (Å²) in [4.78, 5) is 24.5. The average molecular weight is 322 g/mol. The number of fused-ring (bicyclic) bond motifs is 3. The lowest BCUT2D eigenvalue weighted by Crippen LogP contribution is -2.11. The molecule has 3 heterocycles. The standard InChI is InChI=1S/C16H14N6O2/c1-22-14-10(13(21-22)15(23)24)6-5-9-8-18-16(20-12(9)14)19-11-4-2-3-7-17-11/h2-4,7-8H,5-6H2,1H3,(H,23,24)(H,17,18,19,20). The molecule has 0 fully saturated rings. The number of hydrogen-bond donors (Lipinski definition) is 2. The minimum Gasteiger partial charge on any atom is -0.476 e. The van der Waals surface area contributed by atoms with Crippen molar-refractivity contribution in [3.05, 3.63) is 47.4 Å². The van der Waals surface area contributed by atoms with Crippen LogP contribution < -0.4 is 5.32 Å². The molecule has 1 aliphatic carbocycles. The maximum Gasteiger partial charge on any atom is 0.356 e. The Morgan fingerprint density at radius 1 is 1.29 bits per heavy atom. The van der Waals surface area contributed by atoms with E-state index in [1.54, 1.807) is 24.1 Å². The van der Waals surface area contributed by atoms with Crippen LogP contribution in [0.4, 0.5) is 11.8 Å². The fourth-order valence-corrected chi connectivity index (χ4v) is 2.94. The lowest BCUT2D eigenvalue weighted by Gasteiger charge is -2.17. The second kappa shape index (κ2) is 5.41. The van der Waals surface area contributed by atoms with Gasteiger partial charge in [0.2, 0.25) is 5.95 Å². The summed E-state index contributed by atoms with van der Waals surface area (Å²) in [5, 5.41) is 16.5. The molecule has 0 unspecified atom stereocenters. The molecular weight excluding hydrogens is 308 g/mol. The number of nitrogens with one attached hydrogen (secondary N) is 1. The number of aryl methyl sites for hydroxylation is 2. The van der Waals surface area contributed by atoms with Gasteiger partial charge in [-0.05, 0) is 30.5 Å². The number of carbonyl (C=O) groups is 1. The van der Waals surface area contributed by atoms with Crippen molar-refractivity contribution in [2.45, 2.75) is 12.8 Å². The SMILES string of the molecule is Cn1nc(C(=O)O)c2c1-c1nc(Nc3ccccn3)ncc1CC2. The van der Waals surface area contributed by atoms with Gasteiger partial charge in [-0.1, -0.05) is 6.07 Å². The molecule has 3 aromatic rings. The third kappa shape index (κ3) is 2.28. The Kier molecular flexibility index (Phi) is 3.23. The minimum atomic E-state index is -1.02. The average Bonchev–Trinajstić information content (AvgIpc) is 2.93. The summed E-state index contributed by atoms with van der Waals surface area (Å²) in [6, 6.07) is 5.52. The van der Waals surface area contributed by atoms with Crippen molar-refractivity contribution in [1.29, 1.82) is 0 Å². The van der Waals surface area contributed by atoms with Crippen LogP contribution in [0, 0.1) is 0 Å². The molecule has 120 valence electrons. The largest absolute Gasteiger partial charge is 0.476 e. The topological polar surface area (TPSA) is 106 Å². The number of carboxylic acids is 1. The van der Waals surface area contributed by atoms with Gasteiger partial charge in [-0.25, -0.2) is 19.7 Å². The molecule has 0 atom stereocenters. The molecular formula is C16H14N6O2. The maximum atomic E-state index is 11.4. The van der Waals surface area contributed by atoms with Crippen molar-refractivity contribution in [3.63, 3.8) is 0 Å². The molecule has 8 nitrogen and oxygen atoms in total. The van der Waals surface area contributed by atoms with Crippen LogP contribution in [0.3, 0.4) is 0 Å². The molecule has 0 aromatic carbocycles. The Bertz CT molecular complexity index is 935. The molecule has 4 rings (SSSR count). The van der Waals surface area contributed by atoms with Gasteiger partial charge in [-0.3, -0.25) is 4.68 Å². The molecule has 1 aliphatic rings. The van der Waals surface area contributed by atoms with Crippen molar-refractivity contribution in [2.24, 2.45) is 7.05 Å². The second-order valence-corrected chi connectivity index (χ2v) is 5.51. The third-order valence-electron chi connectivity index (χ3n) is 3.99. The third-order valence-corrected chi connectivity index (χ3v) is 3.99. The fourth-order valence-electron chi connectivity index (χ4n) is 2.94. The summed E-state index contributed by atoms with van der Waals surface area (Å²) in [7, 11) is 1.73. The van der Waals surface area contributed by atoms with E-state index in [0.29, 0.717) is 30.3 Å². The smallest absolute Gasteiger partial charge is 0.356 e. The van der Waals surface area contributed by atoms with Crippen LogP contribution in [-0.2, 0) is 19.9 Å². The molecule has 0 amide bonds. The highest BCUT2D eigenvalue weighted by molar-refractivity contribution is 5.90. The van der Waals surface area contributed by atoms with Crippen LogP contribution in [0.25, 0.3) is 11.4 Å². The Labute approximate surface area is 137 Å². The van der Waals surface area contributed by atoms with Gasteiger partial charge in [0.25, 0.3) is 0 Å². The van der Waals surface area contributed by atoms with Gasteiger partial charge < -0.3 is 10.4 Å². The Morgan fingerprint density at radius 3 is 2.92 bits per heavy atom. The summed E-state index contributed by atoms with van der Waals surface area (Å²) in [6.45, 7) is 0. The number of carboxylic acid groups (broad SMARTS) is 1. The highest BCUT2D eigenvalue weighted by Gasteiger charge is 2.28. The zero-order valence-electron chi connectivity index (χ0n) is 12.9. The number of rotatable bonds is 3. The summed E-state index contributed by atoms with van der Waals surface area (Å²) >= 11 is 0. The molecule has 0 aliphatic heterocycles. The van der Waals surface area contributed by atoms with Gasteiger partial charge in [0.05, 0.1) is 11.4 Å². The van der Waals surface area contributed by atoms with Gasteiger partial charge >= 0.3 is 5.97 Å². The zero-order chi connectivity index (χ0) is 16.7. The van der Waals surface area contributed by atoms with E-state index in [1.807, 2.05) is 18.2 Å². The molecule has 0 bridgehead atoms. The van der Waals surface area contributed by atoms with Gasteiger partial charge in [-0.2, -0.15) is 5.10 Å². The Balaban J connectivity index is 1.79. The second-order valence-electron chi connectivity index (χ2n) is 5.51. The minimum absolute atomic E-state index is 0.0935. The number of hydrogen-bond acceptors (Lipinski definition) is 6. The van der Waals surface area contributed by atoms with E-state index in [9.17, 15) is 9.90 Å². The lowest BCUT2D eigenvalue weighted by molar-refractivity contribution is 0.0688. The van der Waals surface area contributed by atoms with Gasteiger partial charge in [-0.15, -0.1) is 0 Å². The number of aromatic carboxylic acids is 1. The van der Waals surface area contributed by atoms with Crippen molar-refractivity contribution in [1.82, 2.24) is 24.7 Å². The van der Waals surface area contributed by atoms with Crippen molar-refractivity contribution in [3.8, 4) is 11.4 Å². The molecule has 0 saturated carbocycles. The lowest BCUT2D eigenvalue weighted by atomic mass is 9.93. The van der Waals surface area contributed by atoms with Gasteiger partial charge in [0.1, 0.15) is 5.82 Å². The molecule has 0 radical (unpaired) electrons. The van der Waals surface area contributed by atoms with E-state index in [2.05, 4.69) is 25.4 Å². The highest BCUT2D eigenvalue weighted by Crippen LogP contribution is 2.34. The van der Waals surface area contributed by atoms with E-state index in [-0.39, 0.29) is 5.69 Å². The van der Waals surface area contributed by atoms with Gasteiger partial charge in [0.15, 0.2) is 5.69 Å². The number of nitrogens with zero attached hydrogens (tertiary/aromatic N) is 5. The normalized spacial score (nSPS) is 12.4. The predicted molar refractivity (Wildman–Crippen MR) is 86.1 cm³/mol. The first-order chi connectivity index (χ1) is 11.6. The first-order valence-electron chi connectivity index (χ1n) is 7.47. The quantitative estimate of drug-likeness (QED) is 0.757. The predicted octanol–water partition coefficient (Wildman–Crippen LogP) is 1.81. The first-order valence-corrected chi connectivity index (χ1v) is 7.47. The van der Waals surface area contributed by atoms with Crippen molar-refractivity contribution in [2.75, 3.05) is 5.32 Å². The van der Waals surface area contributed by atoms with E-state index in [1.165, 1.54) is 0 Å². The summed E-state index contributed by atoms with van der Waals surface area (Å²) in [6.07, 6.45) is 4.76. The summed E-state index contributed by atoms with van der Waals surface area (Å²) < 4.78 is 1.58. The number of aromatic nitrogens is 5. The maximum absolute atomic E-state index is 11.4. The highest BCUT2D eigenvalue weighted by atomic mass is 16.4. The number of pyridine rings is 1. The van der Waals surface area contributed by atoms with E-state index in [4.69, 9.17) is 0 Å². The molecule has 0 saturated heterocycles. The molecule has 3 aromatic heterocycles. The van der Waals surface area contributed by atoms with Crippen molar-refractivity contribution < 1.29 is 9.90 Å². The molecule has 0 spiro atoms. The molecule has 8 heteroatoms. The molecule has 2 N–H and O–H groups in total. The van der Waals surface area contributed by atoms with Crippen molar-refractivity contribution >= 4 is 17.7 Å². The van der Waals surface area contributed by atoms with Crippen LogP contribution in [0.15, 0.2) is 30.6 Å². The fraction of sp³-hybridized carbons (Fsp3) is 0.188. The Morgan fingerprint density at radius 2 is 2.17 bits per heavy atom. The monoisotopic (exact) mass is 322 g/mol. The van der Waals surface area contributed by atoms with Gasteiger partial charge in [0, 0.05) is 25.0 Å². The Hall–Kier alpha value is -3.29. The number of anilines is 2. The van der Waals surface area contributed by atoms with Crippen LogP contribution >= 0.6 is 0 Å². The van der Waals surface area contributed by atoms with Crippen LogP contribution in [-0.4, -0.2) is 35.8 Å². The van der Waals surface area contributed by atoms with Crippen LogP contribution in [0.5, 0.6) is 0 Å². The summed E-state index contributed by atoms with van der Waals surface area (Å²) in [5.41, 5.74) is 3.25. The van der Waals surface area contributed by atoms with Crippen LogP contribution in [0.1, 0.15) is 21.6 Å². The van der Waals surface area contributed by atoms with E-state index in [0.717, 1.165) is 16.8 Å². The molecule has 24 heavy (non-hydrogen) atoms. The van der Waals surface area contributed by atoms with Crippen LogP contribution in [0.2, 0.25) is 0 Å². The van der Waals surface area contributed by atoms with E-state index >= 15 is 0 Å². The summed E-state index contributed by atoms with van der Waals surface area (Å²) in [5.74, 6) is 0.0410. The zero-order valence-corrected chi connectivity index (χ0v) is 12.9. The first kappa shape index (κ1) is 14.3.